The van der Waals surface area contributed by atoms with Crippen LogP contribution in [-0.2, 0) is 0 Å². The standard InChI is InChI=1S/C33H38N8O2/c1-21-5-6-26(20-41(21)33(43)39-16-3-2-4-17-39)31-38-28(29-30(34)36-15-18-40(29)31)23-9-11-24(12-10-23)32(42)37-27-19-25(13-14-35-27)22-7-8-22/h9-15,18-19,21-22,26H,2-8,16-17,20H2,1H3,(H2,34,36)(H,35,37,42)/t21-,26+/m1/s1. The molecule has 2 atom stereocenters. The van der Waals surface area contributed by atoms with Crippen molar-refractivity contribution in [3.63, 3.8) is 0 Å². The lowest BCUT2D eigenvalue weighted by atomic mass is 9.93. The second-order valence-corrected chi connectivity index (χ2v) is 12.2. The molecule has 0 unspecified atom stereocenters. The van der Waals surface area contributed by atoms with Crippen LogP contribution in [0.4, 0.5) is 16.4 Å². The molecular weight excluding hydrogens is 540 g/mol. The lowest BCUT2D eigenvalue weighted by Crippen LogP contribution is -2.52. The third kappa shape index (κ3) is 5.42. The monoisotopic (exact) mass is 578 g/mol. The summed E-state index contributed by atoms with van der Waals surface area (Å²) >= 11 is 0. The number of nitrogens with one attached hydrogen (secondary N) is 1. The Labute approximate surface area is 251 Å². The summed E-state index contributed by atoms with van der Waals surface area (Å²) < 4.78 is 2.03. The first-order valence-electron chi connectivity index (χ1n) is 15.5. The number of carbonyl (C=O) groups excluding carboxylic acids is 2. The summed E-state index contributed by atoms with van der Waals surface area (Å²) in [5.41, 5.74) is 10.5. The number of benzene rings is 1. The Morgan fingerprint density at radius 2 is 1.70 bits per heavy atom. The highest BCUT2D eigenvalue weighted by molar-refractivity contribution is 6.04. The zero-order valence-electron chi connectivity index (χ0n) is 24.6. The van der Waals surface area contributed by atoms with E-state index in [9.17, 15) is 9.59 Å². The summed E-state index contributed by atoms with van der Waals surface area (Å²) in [6.45, 7) is 4.44. The average Bonchev–Trinajstić information content (AvgIpc) is 3.82. The topological polar surface area (TPSA) is 122 Å². The Morgan fingerprint density at radius 1 is 0.930 bits per heavy atom. The second-order valence-electron chi connectivity index (χ2n) is 12.2. The number of nitrogens with two attached hydrogens (primary N) is 1. The third-order valence-corrected chi connectivity index (χ3v) is 9.22. The highest BCUT2D eigenvalue weighted by atomic mass is 16.2. The van der Waals surface area contributed by atoms with Gasteiger partial charge in [0.1, 0.15) is 28.7 Å². The van der Waals surface area contributed by atoms with Gasteiger partial charge in [-0.15, -0.1) is 0 Å². The van der Waals surface area contributed by atoms with Crippen molar-refractivity contribution in [1.82, 2.24) is 29.2 Å². The fourth-order valence-electron chi connectivity index (χ4n) is 6.58. The zero-order valence-corrected chi connectivity index (χ0v) is 24.6. The van der Waals surface area contributed by atoms with Gasteiger partial charge in [0, 0.05) is 61.3 Å². The molecular formula is C33H38N8O2. The van der Waals surface area contributed by atoms with Crippen molar-refractivity contribution in [2.24, 2.45) is 0 Å². The first kappa shape index (κ1) is 27.4. The van der Waals surface area contributed by atoms with Crippen LogP contribution in [-0.4, -0.2) is 66.8 Å². The normalized spacial score (nSPS) is 20.8. The van der Waals surface area contributed by atoms with Gasteiger partial charge in [0.25, 0.3) is 5.91 Å². The number of rotatable bonds is 5. The van der Waals surface area contributed by atoms with E-state index in [2.05, 4.69) is 22.2 Å². The Bertz CT molecular complexity index is 1660. The zero-order chi connectivity index (χ0) is 29.5. The van der Waals surface area contributed by atoms with Gasteiger partial charge in [-0.05, 0) is 87.6 Å². The number of hydrogen-bond donors (Lipinski definition) is 2. The van der Waals surface area contributed by atoms with Gasteiger partial charge in [0.2, 0.25) is 0 Å². The molecule has 3 aromatic heterocycles. The van der Waals surface area contributed by atoms with Crippen LogP contribution in [0.15, 0.2) is 55.0 Å². The second kappa shape index (κ2) is 11.3. The van der Waals surface area contributed by atoms with Gasteiger partial charge < -0.3 is 20.9 Å². The van der Waals surface area contributed by atoms with E-state index in [1.165, 1.54) is 24.8 Å². The minimum absolute atomic E-state index is 0.0666. The van der Waals surface area contributed by atoms with Crippen LogP contribution >= 0.6 is 0 Å². The quantitative estimate of drug-likeness (QED) is 0.314. The van der Waals surface area contributed by atoms with E-state index in [-0.39, 0.29) is 23.9 Å². The number of urea groups is 1. The molecule has 3 N–H and O–H groups in total. The Balaban J connectivity index is 1.14. The summed E-state index contributed by atoms with van der Waals surface area (Å²) in [4.78, 5) is 44.4. The molecule has 5 heterocycles. The number of hydrogen-bond acceptors (Lipinski definition) is 6. The fraction of sp³-hybridized carbons (Fsp3) is 0.424. The molecule has 10 nitrogen and oxygen atoms in total. The van der Waals surface area contributed by atoms with Gasteiger partial charge in [0.05, 0.1) is 0 Å². The van der Waals surface area contributed by atoms with Gasteiger partial charge in [-0.3, -0.25) is 9.20 Å². The number of nitrogens with zero attached hydrogens (tertiary/aromatic N) is 6. The summed E-state index contributed by atoms with van der Waals surface area (Å²) in [5, 5.41) is 2.93. The lowest BCUT2D eigenvalue weighted by Gasteiger charge is -2.41. The summed E-state index contributed by atoms with van der Waals surface area (Å²) in [6, 6.07) is 11.7. The van der Waals surface area contributed by atoms with E-state index in [1.807, 2.05) is 44.7 Å². The molecule has 1 saturated carbocycles. The van der Waals surface area contributed by atoms with Crippen molar-refractivity contribution in [3.05, 3.63) is 71.9 Å². The SMILES string of the molecule is C[C@@H]1CC[C@H](c2nc(-c3ccc(C(=O)Nc4cc(C5CC5)ccn4)cc3)c3c(N)nccn23)CN1C(=O)N1CCCCC1. The number of aromatic nitrogens is 4. The Morgan fingerprint density at radius 3 is 2.47 bits per heavy atom. The first-order valence-corrected chi connectivity index (χ1v) is 15.5. The van der Waals surface area contributed by atoms with Crippen molar-refractivity contribution >= 4 is 29.1 Å². The maximum Gasteiger partial charge on any atom is 0.320 e. The molecule has 3 fully saturated rings. The van der Waals surface area contributed by atoms with E-state index in [0.717, 1.165) is 61.4 Å². The van der Waals surface area contributed by atoms with Crippen LogP contribution < -0.4 is 11.1 Å². The van der Waals surface area contributed by atoms with E-state index >= 15 is 0 Å². The number of anilines is 2. The van der Waals surface area contributed by atoms with Gasteiger partial charge in [-0.2, -0.15) is 0 Å². The number of imidazole rings is 1. The number of fused-ring (bicyclic) bond motifs is 1. The molecule has 2 aliphatic heterocycles. The molecule has 3 aliphatic rings. The van der Waals surface area contributed by atoms with E-state index in [0.29, 0.717) is 29.7 Å². The van der Waals surface area contributed by atoms with Crippen LogP contribution in [0.3, 0.4) is 0 Å². The van der Waals surface area contributed by atoms with Gasteiger partial charge in [-0.1, -0.05) is 12.1 Å². The van der Waals surface area contributed by atoms with Gasteiger partial charge >= 0.3 is 6.03 Å². The fourth-order valence-corrected chi connectivity index (χ4v) is 6.58. The predicted molar refractivity (Wildman–Crippen MR) is 166 cm³/mol. The lowest BCUT2D eigenvalue weighted by molar-refractivity contribution is 0.102. The number of amides is 3. The maximum absolute atomic E-state index is 13.5. The summed E-state index contributed by atoms with van der Waals surface area (Å²) in [7, 11) is 0. The molecule has 43 heavy (non-hydrogen) atoms. The predicted octanol–water partition coefficient (Wildman–Crippen LogP) is 5.68. The number of piperidine rings is 2. The highest BCUT2D eigenvalue weighted by Gasteiger charge is 2.35. The molecule has 0 radical (unpaired) electrons. The van der Waals surface area contributed by atoms with Gasteiger partial charge in [-0.25, -0.2) is 19.7 Å². The third-order valence-electron chi connectivity index (χ3n) is 9.22. The molecule has 4 aromatic rings. The summed E-state index contributed by atoms with van der Waals surface area (Å²) in [6.07, 6.45) is 12.9. The van der Waals surface area contributed by atoms with Gasteiger partial charge in [0.15, 0.2) is 0 Å². The van der Waals surface area contributed by atoms with Crippen molar-refractivity contribution in [1.29, 1.82) is 0 Å². The summed E-state index contributed by atoms with van der Waals surface area (Å²) in [5.74, 6) is 2.28. The van der Waals surface area contributed by atoms with Crippen molar-refractivity contribution in [2.45, 2.75) is 69.7 Å². The Hall–Kier alpha value is -4.47. The molecule has 2 saturated heterocycles. The number of carbonyl (C=O) groups is 2. The number of pyridine rings is 1. The Kier molecular flexibility index (Phi) is 7.20. The van der Waals surface area contributed by atoms with E-state index in [1.54, 1.807) is 24.5 Å². The molecule has 10 heteroatoms. The van der Waals surface area contributed by atoms with Crippen LogP contribution in [0.25, 0.3) is 16.8 Å². The largest absolute Gasteiger partial charge is 0.382 e. The molecule has 0 spiro atoms. The molecule has 7 rings (SSSR count). The van der Waals surface area contributed by atoms with E-state index in [4.69, 9.17) is 10.7 Å². The number of nitrogen functional groups attached to an aromatic ring is 1. The average molecular weight is 579 g/mol. The first-order chi connectivity index (χ1) is 21.0. The van der Waals surface area contributed by atoms with E-state index < -0.39 is 0 Å². The molecule has 1 aliphatic carbocycles. The minimum atomic E-state index is -0.210. The van der Waals surface area contributed by atoms with Crippen LogP contribution in [0, 0.1) is 0 Å². The van der Waals surface area contributed by atoms with Crippen LogP contribution in [0.5, 0.6) is 0 Å². The van der Waals surface area contributed by atoms with Crippen LogP contribution in [0.1, 0.15) is 85.5 Å². The number of likely N-dealkylation sites (tertiary alicyclic amines) is 2. The molecule has 1 aromatic carbocycles. The molecule has 222 valence electrons. The minimum Gasteiger partial charge on any atom is -0.382 e. The maximum atomic E-state index is 13.5. The van der Waals surface area contributed by atoms with Crippen molar-refractivity contribution in [3.8, 4) is 11.3 Å². The molecule has 3 amide bonds. The smallest absolute Gasteiger partial charge is 0.320 e. The van der Waals surface area contributed by atoms with Crippen molar-refractivity contribution < 1.29 is 9.59 Å². The highest BCUT2D eigenvalue weighted by Crippen LogP contribution is 2.40. The van der Waals surface area contributed by atoms with Crippen LogP contribution in [0.2, 0.25) is 0 Å². The molecule has 0 bridgehead atoms. The van der Waals surface area contributed by atoms with Crippen molar-refractivity contribution in [2.75, 3.05) is 30.7 Å².